The van der Waals surface area contributed by atoms with E-state index in [1.165, 1.54) is 35.4 Å². The molecule has 2 aromatic carbocycles. The Hall–Kier alpha value is -3.44. The van der Waals surface area contributed by atoms with Gasteiger partial charge in [-0.1, -0.05) is 29.8 Å². The zero-order valence-electron chi connectivity index (χ0n) is 16.0. The maximum atomic E-state index is 15.2. The van der Waals surface area contributed by atoms with Crippen LogP contribution >= 0.6 is 0 Å². The van der Waals surface area contributed by atoms with Gasteiger partial charge in [-0.2, -0.15) is 5.26 Å². The van der Waals surface area contributed by atoms with Crippen LogP contribution in [-0.2, 0) is 10.0 Å². The van der Waals surface area contributed by atoms with Crippen molar-refractivity contribution >= 4 is 26.7 Å². The van der Waals surface area contributed by atoms with Crippen LogP contribution < -0.4 is 0 Å². The SMILES string of the molecule is Cc1ccc(S(=O)(=O)n2c(C(=O)C(C#N)=CN(C)C)c(F)c3ccccc32)cc1. The molecule has 0 unspecified atom stereocenters. The number of nitrogens with zero attached hydrogens (tertiary/aromatic N) is 3. The minimum absolute atomic E-state index is 0.0197. The van der Waals surface area contributed by atoms with Gasteiger partial charge in [-0.25, -0.2) is 16.8 Å². The van der Waals surface area contributed by atoms with Crippen LogP contribution in [0.2, 0.25) is 0 Å². The van der Waals surface area contributed by atoms with Crippen molar-refractivity contribution in [3.63, 3.8) is 0 Å². The van der Waals surface area contributed by atoms with Gasteiger partial charge in [-0.05, 0) is 31.2 Å². The Balaban J connectivity index is 2.38. The first-order valence-electron chi connectivity index (χ1n) is 8.62. The van der Waals surface area contributed by atoms with Gasteiger partial charge < -0.3 is 4.90 Å². The largest absolute Gasteiger partial charge is 0.382 e. The number of aryl methyl sites for hydroxylation is 1. The normalized spacial score (nSPS) is 12.0. The fourth-order valence-corrected chi connectivity index (χ4v) is 4.47. The van der Waals surface area contributed by atoms with Crippen LogP contribution in [0, 0.1) is 24.1 Å². The zero-order chi connectivity index (χ0) is 21.3. The first-order chi connectivity index (χ1) is 13.7. The van der Waals surface area contributed by atoms with E-state index in [1.807, 2.05) is 0 Å². The second-order valence-electron chi connectivity index (χ2n) is 6.71. The molecule has 0 N–H and O–H groups in total. The maximum absolute atomic E-state index is 15.2. The molecule has 0 aliphatic heterocycles. The smallest absolute Gasteiger partial charge is 0.268 e. The predicted octanol–water partition coefficient (Wildman–Crippen LogP) is 3.48. The van der Waals surface area contributed by atoms with Crippen molar-refractivity contribution in [2.24, 2.45) is 0 Å². The number of Topliss-reactive ketones (excluding diaryl/α,β-unsaturated/α-hetero) is 1. The quantitative estimate of drug-likeness (QED) is 0.365. The van der Waals surface area contributed by atoms with Gasteiger partial charge in [0.05, 0.1) is 10.4 Å². The Morgan fingerprint density at radius 3 is 2.34 bits per heavy atom. The fourth-order valence-electron chi connectivity index (χ4n) is 2.95. The van der Waals surface area contributed by atoms with Gasteiger partial charge in [0.15, 0.2) is 5.82 Å². The number of fused-ring (bicyclic) bond motifs is 1. The molecule has 8 heteroatoms. The second kappa shape index (κ2) is 7.53. The molecule has 0 spiro atoms. The number of benzene rings is 2. The maximum Gasteiger partial charge on any atom is 0.268 e. The number of halogens is 1. The van der Waals surface area contributed by atoms with E-state index in [0.717, 1.165) is 5.56 Å². The van der Waals surface area contributed by atoms with Gasteiger partial charge in [0.2, 0.25) is 5.78 Å². The van der Waals surface area contributed by atoms with E-state index in [2.05, 4.69) is 0 Å². The highest BCUT2D eigenvalue weighted by Gasteiger charge is 2.32. The lowest BCUT2D eigenvalue weighted by molar-refractivity contribution is 0.102. The van der Waals surface area contributed by atoms with Gasteiger partial charge in [-0.15, -0.1) is 0 Å². The summed E-state index contributed by atoms with van der Waals surface area (Å²) in [5.41, 5.74) is -0.195. The van der Waals surface area contributed by atoms with Crippen LogP contribution in [0.4, 0.5) is 4.39 Å². The summed E-state index contributed by atoms with van der Waals surface area (Å²) in [4.78, 5) is 14.4. The number of ketones is 1. The minimum atomic E-state index is -4.30. The summed E-state index contributed by atoms with van der Waals surface area (Å²) in [6.45, 7) is 1.81. The van der Waals surface area contributed by atoms with Crippen LogP contribution in [0.15, 0.2) is 65.2 Å². The molecule has 0 atom stereocenters. The second-order valence-corrected chi connectivity index (χ2v) is 8.50. The van der Waals surface area contributed by atoms with Crippen molar-refractivity contribution in [1.29, 1.82) is 5.26 Å². The van der Waals surface area contributed by atoms with E-state index >= 15 is 4.39 Å². The highest BCUT2D eigenvalue weighted by atomic mass is 32.2. The molecule has 0 aliphatic rings. The lowest BCUT2D eigenvalue weighted by atomic mass is 10.1. The van der Waals surface area contributed by atoms with Crippen LogP contribution in [0.25, 0.3) is 10.9 Å². The molecule has 1 heterocycles. The minimum Gasteiger partial charge on any atom is -0.382 e. The summed E-state index contributed by atoms with van der Waals surface area (Å²) in [5.74, 6) is -1.99. The van der Waals surface area contributed by atoms with Gasteiger partial charge in [0.1, 0.15) is 17.3 Å². The van der Waals surface area contributed by atoms with Crippen molar-refractivity contribution in [2.75, 3.05) is 14.1 Å². The average Bonchev–Trinajstić information content (AvgIpc) is 2.99. The summed E-state index contributed by atoms with van der Waals surface area (Å²) in [7, 11) is -1.11. The molecule has 0 radical (unpaired) electrons. The standard InChI is InChI=1S/C21H18FN3O3S/c1-14-8-10-16(11-9-14)29(27,28)25-18-7-5-4-6-17(18)19(22)20(25)21(26)15(12-23)13-24(2)3/h4-11,13H,1-3H3. The molecule has 0 amide bonds. The molecule has 6 nitrogen and oxygen atoms in total. The molecule has 0 aliphatic carbocycles. The van der Waals surface area contributed by atoms with Crippen molar-refractivity contribution in [2.45, 2.75) is 11.8 Å². The topological polar surface area (TPSA) is 83.2 Å². The zero-order valence-corrected chi connectivity index (χ0v) is 16.9. The molecular formula is C21H18FN3O3S. The first-order valence-corrected chi connectivity index (χ1v) is 10.1. The van der Waals surface area contributed by atoms with Crippen molar-refractivity contribution in [1.82, 2.24) is 8.87 Å². The molecule has 3 rings (SSSR count). The molecule has 148 valence electrons. The lowest BCUT2D eigenvalue weighted by Gasteiger charge is -2.12. The van der Waals surface area contributed by atoms with E-state index in [-0.39, 0.29) is 21.4 Å². The van der Waals surface area contributed by atoms with Crippen molar-refractivity contribution < 1.29 is 17.6 Å². The number of allylic oxidation sites excluding steroid dienone is 1. The Bertz CT molecular complexity index is 1280. The van der Waals surface area contributed by atoms with Crippen LogP contribution in [0.1, 0.15) is 16.1 Å². The molecule has 0 saturated carbocycles. The lowest BCUT2D eigenvalue weighted by Crippen LogP contribution is -2.21. The number of hydrogen-bond donors (Lipinski definition) is 0. The number of carbonyl (C=O) groups is 1. The van der Waals surface area contributed by atoms with E-state index in [0.29, 0.717) is 3.97 Å². The highest BCUT2D eigenvalue weighted by Crippen LogP contribution is 2.30. The summed E-state index contributed by atoms with van der Waals surface area (Å²) in [6.07, 6.45) is 1.22. The summed E-state index contributed by atoms with van der Waals surface area (Å²) >= 11 is 0. The Morgan fingerprint density at radius 2 is 1.76 bits per heavy atom. The van der Waals surface area contributed by atoms with Crippen LogP contribution in [-0.4, -0.2) is 37.2 Å². The number of rotatable bonds is 5. The number of hydrogen-bond acceptors (Lipinski definition) is 5. The van der Waals surface area contributed by atoms with Gasteiger partial charge >= 0.3 is 0 Å². The van der Waals surface area contributed by atoms with Crippen LogP contribution in [0.3, 0.4) is 0 Å². The third-order valence-corrected chi connectivity index (χ3v) is 6.02. The summed E-state index contributed by atoms with van der Waals surface area (Å²) in [6, 6.07) is 13.7. The highest BCUT2D eigenvalue weighted by molar-refractivity contribution is 7.90. The van der Waals surface area contributed by atoms with E-state index in [4.69, 9.17) is 0 Å². The van der Waals surface area contributed by atoms with Gasteiger partial charge in [0, 0.05) is 25.7 Å². The molecule has 3 aromatic rings. The summed E-state index contributed by atoms with van der Waals surface area (Å²) < 4.78 is 42.6. The van der Waals surface area contributed by atoms with E-state index < -0.39 is 27.3 Å². The monoisotopic (exact) mass is 411 g/mol. The molecular weight excluding hydrogens is 393 g/mol. The number of para-hydroxylation sites is 1. The Labute approximate surface area is 168 Å². The van der Waals surface area contributed by atoms with Crippen molar-refractivity contribution in [3.8, 4) is 6.07 Å². The number of carbonyl (C=O) groups excluding carboxylic acids is 1. The van der Waals surface area contributed by atoms with Gasteiger partial charge in [-0.3, -0.25) is 4.79 Å². The van der Waals surface area contributed by atoms with Crippen molar-refractivity contribution in [3.05, 3.63) is 77.4 Å². The third kappa shape index (κ3) is 3.52. The molecule has 0 fully saturated rings. The van der Waals surface area contributed by atoms with E-state index in [1.54, 1.807) is 51.4 Å². The van der Waals surface area contributed by atoms with E-state index in [9.17, 15) is 18.5 Å². The Kier molecular flexibility index (Phi) is 5.27. The fraction of sp³-hybridized carbons (Fsp3) is 0.143. The number of nitriles is 1. The predicted molar refractivity (Wildman–Crippen MR) is 107 cm³/mol. The Morgan fingerprint density at radius 1 is 1.14 bits per heavy atom. The van der Waals surface area contributed by atoms with Crippen LogP contribution in [0.5, 0.6) is 0 Å². The molecule has 0 bridgehead atoms. The summed E-state index contributed by atoms with van der Waals surface area (Å²) in [5, 5.41) is 9.35. The number of aromatic nitrogens is 1. The molecule has 29 heavy (non-hydrogen) atoms. The third-order valence-electron chi connectivity index (χ3n) is 4.30. The molecule has 0 saturated heterocycles. The first kappa shape index (κ1) is 20.3. The molecule has 1 aromatic heterocycles. The average molecular weight is 411 g/mol. The van der Waals surface area contributed by atoms with Gasteiger partial charge in [0.25, 0.3) is 10.0 Å².